The molecule has 2 aliphatic heterocycles. The molecule has 8 nitrogen and oxygen atoms in total. The smallest absolute Gasteiger partial charge is 0.0245 e. The lowest BCUT2D eigenvalue weighted by atomic mass is 9.97. The molecule has 30 heavy (non-hydrogen) atoms. The number of nitrogens with one attached hydrogen (secondary N) is 4. The van der Waals surface area contributed by atoms with Gasteiger partial charge < -0.3 is 40.9 Å². The van der Waals surface area contributed by atoms with Gasteiger partial charge in [-0.15, -0.1) is 0 Å². The molecule has 0 aliphatic carbocycles. The fourth-order valence-electron chi connectivity index (χ4n) is 4.43. The van der Waals surface area contributed by atoms with E-state index in [9.17, 15) is 0 Å². The Morgan fingerprint density at radius 3 is 1.57 bits per heavy atom. The van der Waals surface area contributed by atoms with Crippen LogP contribution in [-0.2, 0) is 0 Å². The highest BCUT2D eigenvalue weighted by Crippen LogP contribution is 2.10. The minimum absolute atomic E-state index is 0.486. The zero-order valence-corrected chi connectivity index (χ0v) is 20.3. The second-order valence-corrected chi connectivity index (χ2v) is 9.51. The molecule has 0 aromatic heterocycles. The molecular weight excluding hydrogens is 376 g/mol. The monoisotopic (exact) mass is 426 g/mol. The number of nitrogens with zero attached hydrogens (tertiary/aromatic N) is 4. The Hall–Kier alpha value is -0.320. The van der Waals surface area contributed by atoms with Crippen molar-refractivity contribution in [2.75, 3.05) is 126 Å². The van der Waals surface area contributed by atoms with Crippen LogP contribution in [0.5, 0.6) is 0 Å². The molecule has 2 fully saturated rings. The summed E-state index contributed by atoms with van der Waals surface area (Å²) in [6.45, 7) is 16.5. The molecule has 0 radical (unpaired) electrons. The van der Waals surface area contributed by atoms with Gasteiger partial charge in [0.1, 0.15) is 0 Å². The molecule has 2 heterocycles. The number of hydrogen-bond donors (Lipinski definition) is 4. The van der Waals surface area contributed by atoms with E-state index in [0.717, 1.165) is 85.1 Å². The normalized spacial score (nSPS) is 29.0. The van der Waals surface area contributed by atoms with E-state index >= 15 is 0 Å². The molecule has 178 valence electrons. The highest BCUT2D eigenvalue weighted by atomic mass is 15.2. The zero-order chi connectivity index (χ0) is 21.6. The van der Waals surface area contributed by atoms with Crippen molar-refractivity contribution in [1.82, 2.24) is 40.9 Å². The molecule has 0 aromatic carbocycles. The van der Waals surface area contributed by atoms with Crippen LogP contribution in [0.25, 0.3) is 0 Å². The Balaban J connectivity index is 2.01. The third-order valence-corrected chi connectivity index (χ3v) is 6.50. The average molecular weight is 427 g/mol. The first kappa shape index (κ1) is 25.9. The molecule has 0 bridgehead atoms. The van der Waals surface area contributed by atoms with Crippen LogP contribution in [-0.4, -0.2) is 152 Å². The van der Waals surface area contributed by atoms with Crippen LogP contribution >= 0.6 is 0 Å². The van der Waals surface area contributed by atoms with Gasteiger partial charge in [0.15, 0.2) is 0 Å². The maximum atomic E-state index is 3.88. The summed E-state index contributed by atoms with van der Waals surface area (Å²) in [6.07, 6.45) is 1.25. The standard InChI is InChI=1S/C22H50N8/c1-27-12-5-13-28(2)15-17-30(4)20-21(19-29(3)16-14-27)22-18-25-9-8-23-6-7-24-10-11-26-22/h21-26H,5-20H2,1-4H3. The summed E-state index contributed by atoms with van der Waals surface area (Å²) in [4.78, 5) is 10.1. The predicted molar refractivity (Wildman–Crippen MR) is 128 cm³/mol. The maximum Gasteiger partial charge on any atom is 0.0245 e. The van der Waals surface area contributed by atoms with E-state index in [-0.39, 0.29) is 0 Å². The lowest BCUT2D eigenvalue weighted by Gasteiger charge is -2.36. The van der Waals surface area contributed by atoms with E-state index < -0.39 is 0 Å². The third-order valence-electron chi connectivity index (χ3n) is 6.50. The molecular formula is C22H50N8. The second kappa shape index (κ2) is 15.5. The Bertz CT molecular complexity index is 390. The molecule has 0 aromatic rings. The Morgan fingerprint density at radius 1 is 0.533 bits per heavy atom. The largest absolute Gasteiger partial charge is 0.314 e. The Labute approximate surface area is 186 Å². The van der Waals surface area contributed by atoms with E-state index in [4.69, 9.17) is 0 Å². The van der Waals surface area contributed by atoms with Gasteiger partial charge in [0.05, 0.1) is 0 Å². The lowest BCUT2D eigenvalue weighted by Crippen LogP contribution is -2.53. The van der Waals surface area contributed by atoms with E-state index in [2.05, 4.69) is 69.1 Å². The summed E-state index contributed by atoms with van der Waals surface area (Å²) in [5, 5.41) is 14.6. The van der Waals surface area contributed by atoms with Gasteiger partial charge in [0.2, 0.25) is 0 Å². The van der Waals surface area contributed by atoms with Crippen LogP contribution in [0.3, 0.4) is 0 Å². The second-order valence-electron chi connectivity index (χ2n) is 9.51. The van der Waals surface area contributed by atoms with Gasteiger partial charge in [-0.1, -0.05) is 0 Å². The minimum Gasteiger partial charge on any atom is -0.314 e. The van der Waals surface area contributed by atoms with Gasteiger partial charge >= 0.3 is 0 Å². The molecule has 2 aliphatic rings. The van der Waals surface area contributed by atoms with Crippen molar-refractivity contribution in [1.29, 1.82) is 0 Å². The Kier molecular flexibility index (Phi) is 13.4. The molecule has 2 saturated heterocycles. The molecule has 0 saturated carbocycles. The maximum absolute atomic E-state index is 3.88. The Morgan fingerprint density at radius 2 is 1.00 bits per heavy atom. The first-order chi connectivity index (χ1) is 14.5. The number of likely N-dealkylation sites (N-methyl/N-ethyl adjacent to an activating group) is 4. The van der Waals surface area contributed by atoms with Crippen molar-refractivity contribution in [3.63, 3.8) is 0 Å². The number of rotatable bonds is 1. The lowest BCUT2D eigenvalue weighted by molar-refractivity contribution is 0.151. The quantitative estimate of drug-likeness (QED) is 0.403. The van der Waals surface area contributed by atoms with Gasteiger partial charge in [-0.05, 0) is 47.7 Å². The SMILES string of the molecule is CN1CCCN(C)CCN(C)CC(C2CNCCNCCNCCN2)CN(C)CC1. The summed E-state index contributed by atoms with van der Waals surface area (Å²) in [6, 6.07) is 0.486. The fraction of sp³-hybridized carbons (Fsp3) is 1.00. The van der Waals surface area contributed by atoms with Crippen molar-refractivity contribution in [2.45, 2.75) is 12.5 Å². The summed E-state index contributed by atoms with van der Waals surface area (Å²) in [7, 11) is 9.14. The molecule has 4 N–H and O–H groups in total. The van der Waals surface area contributed by atoms with E-state index in [1.165, 1.54) is 19.5 Å². The van der Waals surface area contributed by atoms with Gasteiger partial charge in [-0.2, -0.15) is 0 Å². The highest BCUT2D eigenvalue weighted by Gasteiger charge is 2.24. The number of hydrogen-bond acceptors (Lipinski definition) is 8. The van der Waals surface area contributed by atoms with Crippen LogP contribution < -0.4 is 21.3 Å². The first-order valence-corrected chi connectivity index (χ1v) is 12.1. The summed E-state index contributed by atoms with van der Waals surface area (Å²) >= 11 is 0. The van der Waals surface area contributed by atoms with Crippen LogP contribution in [0.15, 0.2) is 0 Å². The van der Waals surface area contributed by atoms with Crippen molar-refractivity contribution >= 4 is 0 Å². The van der Waals surface area contributed by atoms with Gasteiger partial charge in [0.25, 0.3) is 0 Å². The van der Waals surface area contributed by atoms with Gasteiger partial charge in [-0.3, -0.25) is 0 Å². The first-order valence-electron chi connectivity index (χ1n) is 12.1. The van der Waals surface area contributed by atoms with Gasteiger partial charge in [0, 0.05) is 97.0 Å². The van der Waals surface area contributed by atoms with Crippen molar-refractivity contribution in [3.05, 3.63) is 0 Å². The fourth-order valence-corrected chi connectivity index (χ4v) is 4.43. The molecule has 1 unspecified atom stereocenters. The topological polar surface area (TPSA) is 61.1 Å². The zero-order valence-electron chi connectivity index (χ0n) is 20.3. The van der Waals surface area contributed by atoms with Crippen LogP contribution in [0, 0.1) is 5.92 Å². The molecule has 0 spiro atoms. The summed E-state index contributed by atoms with van der Waals surface area (Å²) in [5.74, 6) is 0.599. The van der Waals surface area contributed by atoms with Crippen molar-refractivity contribution < 1.29 is 0 Å². The van der Waals surface area contributed by atoms with E-state index in [1.807, 2.05) is 0 Å². The summed E-state index contributed by atoms with van der Waals surface area (Å²) < 4.78 is 0. The predicted octanol–water partition coefficient (Wildman–Crippen LogP) is -1.53. The van der Waals surface area contributed by atoms with Crippen LogP contribution in [0.2, 0.25) is 0 Å². The highest BCUT2D eigenvalue weighted by molar-refractivity contribution is 4.84. The van der Waals surface area contributed by atoms with E-state index in [0.29, 0.717) is 12.0 Å². The van der Waals surface area contributed by atoms with Crippen molar-refractivity contribution in [3.8, 4) is 0 Å². The minimum atomic E-state index is 0.486. The average Bonchev–Trinajstić information content (AvgIpc) is 2.70. The van der Waals surface area contributed by atoms with Crippen LogP contribution in [0.4, 0.5) is 0 Å². The molecule has 8 heteroatoms. The molecule has 2 rings (SSSR count). The van der Waals surface area contributed by atoms with Gasteiger partial charge in [-0.25, -0.2) is 0 Å². The summed E-state index contributed by atoms with van der Waals surface area (Å²) in [5.41, 5.74) is 0. The van der Waals surface area contributed by atoms with Crippen LogP contribution in [0.1, 0.15) is 6.42 Å². The third kappa shape index (κ3) is 11.3. The molecule has 0 amide bonds. The molecule has 1 atom stereocenters. The van der Waals surface area contributed by atoms with Crippen molar-refractivity contribution in [2.24, 2.45) is 5.92 Å². The van der Waals surface area contributed by atoms with E-state index in [1.54, 1.807) is 0 Å².